The summed E-state index contributed by atoms with van der Waals surface area (Å²) in [7, 11) is 1.44. The molecule has 2 heterocycles. The molecule has 1 saturated heterocycles. The van der Waals surface area contributed by atoms with Gasteiger partial charge >= 0.3 is 0 Å². The summed E-state index contributed by atoms with van der Waals surface area (Å²) in [5, 5.41) is 59.4. The number of aliphatic hydroxyl groups excluding tert-OH is 5. The number of aryl methyl sites for hydroxylation is 1. The van der Waals surface area contributed by atoms with Crippen LogP contribution in [0.15, 0.2) is 30.3 Å². The summed E-state index contributed by atoms with van der Waals surface area (Å²) < 4.78 is 22.5. The van der Waals surface area contributed by atoms with E-state index in [1.807, 2.05) is 6.07 Å². The zero-order chi connectivity index (χ0) is 24.4. The number of hydrogen-bond donors (Lipinski definition) is 6. The molecule has 0 spiro atoms. The molecule has 2 aromatic rings. The highest BCUT2D eigenvalue weighted by Crippen LogP contribution is 2.51. The Hall–Kier alpha value is -2.60. The highest BCUT2D eigenvalue weighted by atomic mass is 16.7. The van der Waals surface area contributed by atoms with E-state index in [2.05, 4.69) is 0 Å². The van der Waals surface area contributed by atoms with Crippen molar-refractivity contribution in [2.45, 2.75) is 49.5 Å². The monoisotopic (exact) mass is 478 g/mol. The number of hydrogen-bond acceptors (Lipinski definition) is 10. The molecule has 4 rings (SSSR count). The molecule has 10 heteroatoms. The number of benzene rings is 2. The van der Waals surface area contributed by atoms with Gasteiger partial charge in [0.15, 0.2) is 23.0 Å². The Kier molecular flexibility index (Phi) is 7.46. The van der Waals surface area contributed by atoms with Crippen molar-refractivity contribution in [2.24, 2.45) is 0 Å². The Labute approximate surface area is 196 Å². The number of phenols is 1. The first-order valence-corrected chi connectivity index (χ1v) is 11.1. The molecule has 1 fully saturated rings. The fraction of sp³-hybridized carbons (Fsp3) is 0.500. The first-order valence-electron chi connectivity index (χ1n) is 11.1. The summed E-state index contributed by atoms with van der Waals surface area (Å²) in [4.78, 5) is 0. The average molecular weight is 478 g/mol. The molecular weight excluding hydrogens is 448 g/mol. The van der Waals surface area contributed by atoms with Gasteiger partial charge in [-0.1, -0.05) is 12.1 Å². The van der Waals surface area contributed by atoms with Crippen molar-refractivity contribution in [2.75, 3.05) is 26.9 Å². The molecule has 10 nitrogen and oxygen atoms in total. The summed E-state index contributed by atoms with van der Waals surface area (Å²) in [6.07, 6.45) is -4.74. The Morgan fingerprint density at radius 1 is 1.03 bits per heavy atom. The van der Waals surface area contributed by atoms with Gasteiger partial charge in [-0.2, -0.15) is 0 Å². The molecule has 2 aliphatic heterocycles. The standard InChI is InChI=1S/C24H30O10/c1-31-19-9-13(4-5-18(19)33-24-21(30)20(29)17(28)11-32-24)22-15(10-26)14-7-12(3-2-6-25)8-16(27)23(14)34-22/h4-5,7-9,15,17,20-22,24-30H,2-3,6,10-11H2,1H3/t15?,17-,20+,21-,22?,24+/m1/s1. The van der Waals surface area contributed by atoms with Gasteiger partial charge < -0.3 is 49.6 Å². The van der Waals surface area contributed by atoms with Crippen LogP contribution in [-0.2, 0) is 11.2 Å². The molecule has 0 saturated carbocycles. The quantitative estimate of drug-likeness (QED) is 0.313. The number of aliphatic hydroxyl groups is 5. The van der Waals surface area contributed by atoms with E-state index >= 15 is 0 Å². The molecule has 2 unspecified atom stereocenters. The van der Waals surface area contributed by atoms with Crippen molar-refractivity contribution in [1.29, 1.82) is 0 Å². The first-order chi connectivity index (χ1) is 16.4. The molecule has 34 heavy (non-hydrogen) atoms. The van der Waals surface area contributed by atoms with E-state index in [9.17, 15) is 25.5 Å². The van der Waals surface area contributed by atoms with Crippen molar-refractivity contribution in [3.8, 4) is 23.0 Å². The van der Waals surface area contributed by atoms with E-state index < -0.39 is 36.6 Å². The van der Waals surface area contributed by atoms with Crippen molar-refractivity contribution >= 4 is 0 Å². The van der Waals surface area contributed by atoms with Crippen molar-refractivity contribution < 1.29 is 49.6 Å². The number of aromatic hydroxyl groups is 1. The zero-order valence-corrected chi connectivity index (χ0v) is 18.7. The zero-order valence-electron chi connectivity index (χ0n) is 18.7. The molecule has 2 aromatic carbocycles. The molecule has 0 bridgehead atoms. The van der Waals surface area contributed by atoms with E-state index in [4.69, 9.17) is 24.1 Å². The molecule has 0 radical (unpaired) electrons. The fourth-order valence-electron chi connectivity index (χ4n) is 4.36. The third kappa shape index (κ3) is 4.65. The molecule has 6 atom stereocenters. The lowest BCUT2D eigenvalue weighted by molar-refractivity contribution is -0.242. The van der Waals surface area contributed by atoms with Crippen LogP contribution in [0, 0.1) is 0 Å². The lowest BCUT2D eigenvalue weighted by Crippen LogP contribution is -2.54. The van der Waals surface area contributed by atoms with Gasteiger partial charge in [0, 0.05) is 12.2 Å². The van der Waals surface area contributed by atoms with Gasteiger partial charge in [-0.15, -0.1) is 0 Å². The predicted octanol–water partition coefficient (Wildman–Crippen LogP) is 0.353. The summed E-state index contributed by atoms with van der Waals surface area (Å²) in [6.45, 7) is -0.375. The Morgan fingerprint density at radius 2 is 1.82 bits per heavy atom. The van der Waals surface area contributed by atoms with E-state index in [0.717, 1.165) is 5.56 Å². The van der Waals surface area contributed by atoms with Gasteiger partial charge in [-0.3, -0.25) is 0 Å². The second-order valence-electron chi connectivity index (χ2n) is 8.47. The minimum Gasteiger partial charge on any atom is -0.504 e. The van der Waals surface area contributed by atoms with Gasteiger partial charge in [-0.05, 0) is 42.2 Å². The molecule has 0 aliphatic carbocycles. The highest BCUT2D eigenvalue weighted by molar-refractivity contribution is 5.55. The number of ether oxygens (including phenoxy) is 4. The van der Waals surface area contributed by atoms with Crippen LogP contribution in [0.4, 0.5) is 0 Å². The van der Waals surface area contributed by atoms with Gasteiger partial charge in [0.2, 0.25) is 6.29 Å². The maximum Gasteiger partial charge on any atom is 0.229 e. The Morgan fingerprint density at radius 3 is 2.53 bits per heavy atom. The van der Waals surface area contributed by atoms with Crippen LogP contribution in [0.5, 0.6) is 23.0 Å². The Balaban J connectivity index is 1.57. The molecule has 6 N–H and O–H groups in total. The van der Waals surface area contributed by atoms with Gasteiger partial charge in [0.1, 0.15) is 24.4 Å². The molecule has 2 aliphatic rings. The highest BCUT2D eigenvalue weighted by Gasteiger charge is 2.40. The predicted molar refractivity (Wildman–Crippen MR) is 118 cm³/mol. The maximum absolute atomic E-state index is 10.5. The largest absolute Gasteiger partial charge is 0.504 e. The van der Waals surface area contributed by atoms with Crippen LogP contribution in [-0.4, -0.2) is 82.2 Å². The fourth-order valence-corrected chi connectivity index (χ4v) is 4.36. The first kappa shape index (κ1) is 24.5. The topological polar surface area (TPSA) is 158 Å². The summed E-state index contributed by atoms with van der Waals surface area (Å²) >= 11 is 0. The molecular formula is C24H30O10. The lowest BCUT2D eigenvalue weighted by atomic mass is 9.90. The molecule has 0 amide bonds. The van der Waals surface area contributed by atoms with Crippen LogP contribution in [0.3, 0.4) is 0 Å². The maximum atomic E-state index is 10.5. The van der Waals surface area contributed by atoms with Crippen molar-refractivity contribution in [3.63, 3.8) is 0 Å². The van der Waals surface area contributed by atoms with Crippen LogP contribution in [0.25, 0.3) is 0 Å². The van der Waals surface area contributed by atoms with E-state index in [-0.39, 0.29) is 31.3 Å². The van der Waals surface area contributed by atoms with Gasteiger partial charge in [-0.25, -0.2) is 0 Å². The average Bonchev–Trinajstić information content (AvgIpc) is 3.22. The van der Waals surface area contributed by atoms with Gasteiger partial charge in [0.05, 0.1) is 26.2 Å². The number of rotatable bonds is 8. The van der Waals surface area contributed by atoms with Crippen molar-refractivity contribution in [3.05, 3.63) is 47.0 Å². The molecule has 186 valence electrons. The smallest absolute Gasteiger partial charge is 0.229 e. The van der Waals surface area contributed by atoms with Crippen molar-refractivity contribution in [1.82, 2.24) is 0 Å². The molecule has 0 aromatic heterocycles. The summed E-state index contributed by atoms with van der Waals surface area (Å²) in [5.74, 6) is 0.388. The second-order valence-corrected chi connectivity index (χ2v) is 8.47. The van der Waals surface area contributed by atoms with E-state index in [0.29, 0.717) is 35.5 Å². The number of phenolic OH excluding ortho intramolecular Hbond substituents is 1. The number of fused-ring (bicyclic) bond motifs is 1. The summed E-state index contributed by atoms with van der Waals surface area (Å²) in [5.41, 5.74) is 2.19. The minimum atomic E-state index is -1.46. The van der Waals surface area contributed by atoms with E-state index in [1.165, 1.54) is 7.11 Å². The van der Waals surface area contributed by atoms with Crippen LogP contribution >= 0.6 is 0 Å². The third-order valence-electron chi connectivity index (χ3n) is 6.20. The lowest BCUT2D eigenvalue weighted by Gasteiger charge is -2.35. The minimum absolute atomic E-state index is 0.0255. The van der Waals surface area contributed by atoms with Gasteiger partial charge in [0.25, 0.3) is 0 Å². The number of methoxy groups -OCH3 is 1. The second kappa shape index (κ2) is 10.3. The van der Waals surface area contributed by atoms with Crippen LogP contribution < -0.4 is 14.2 Å². The third-order valence-corrected chi connectivity index (χ3v) is 6.20. The summed E-state index contributed by atoms with van der Waals surface area (Å²) in [6, 6.07) is 8.44. The van der Waals surface area contributed by atoms with Crippen LogP contribution in [0.2, 0.25) is 0 Å². The van der Waals surface area contributed by atoms with Crippen LogP contribution in [0.1, 0.15) is 35.1 Å². The van der Waals surface area contributed by atoms with E-state index in [1.54, 1.807) is 24.3 Å². The SMILES string of the molecule is COc1cc(C2Oc3c(O)cc(CCCO)cc3C2CO)ccc1O[C@@H]1OC[C@@H](O)[C@H](O)[C@H]1O. The normalized spacial score (nSPS) is 28.3. The Bertz CT molecular complexity index is 996.